The molecule has 0 spiro atoms. The molecule has 0 saturated heterocycles. The number of alkyl halides is 1. The zero-order chi connectivity index (χ0) is 21.2. The van der Waals surface area contributed by atoms with Crippen LogP contribution in [0.25, 0.3) is 11.0 Å². The summed E-state index contributed by atoms with van der Waals surface area (Å²) in [6, 6.07) is 5.33. The van der Waals surface area contributed by atoms with E-state index in [1.807, 2.05) is 0 Å². The Hall–Kier alpha value is -2.56. The SMILES string of the molecule is CN(CCCF)S(=O)(=O)Nc1cccc(C(=O)c2c[nH]c3ncc(Cl)cc23)c1F. The van der Waals surface area contributed by atoms with Crippen LogP contribution < -0.4 is 4.72 Å². The molecule has 1 aromatic carbocycles. The lowest BCUT2D eigenvalue weighted by atomic mass is 10.0. The fourth-order valence-corrected chi connectivity index (χ4v) is 3.84. The smallest absolute Gasteiger partial charge is 0.301 e. The Bertz CT molecular complexity index is 1170. The lowest BCUT2D eigenvalue weighted by molar-refractivity contribution is 0.103. The van der Waals surface area contributed by atoms with Gasteiger partial charge in [-0.15, -0.1) is 0 Å². The van der Waals surface area contributed by atoms with Crippen molar-refractivity contribution < 1.29 is 22.0 Å². The summed E-state index contributed by atoms with van der Waals surface area (Å²) in [7, 11) is -2.87. The molecule has 0 aliphatic rings. The first-order valence-corrected chi connectivity index (χ1v) is 10.3. The number of halogens is 3. The molecule has 2 heterocycles. The van der Waals surface area contributed by atoms with Gasteiger partial charge in [0, 0.05) is 36.9 Å². The zero-order valence-corrected chi connectivity index (χ0v) is 16.8. The molecule has 2 N–H and O–H groups in total. The molecule has 0 unspecified atom stereocenters. The van der Waals surface area contributed by atoms with Gasteiger partial charge < -0.3 is 4.98 Å². The van der Waals surface area contributed by atoms with Crippen molar-refractivity contribution in [3.63, 3.8) is 0 Å². The maximum absolute atomic E-state index is 15.0. The third-order valence-electron chi connectivity index (χ3n) is 4.24. The normalized spacial score (nSPS) is 11.9. The number of pyridine rings is 1. The predicted molar refractivity (Wildman–Crippen MR) is 107 cm³/mol. The highest BCUT2D eigenvalue weighted by Crippen LogP contribution is 2.26. The van der Waals surface area contributed by atoms with Crippen LogP contribution in [0.3, 0.4) is 0 Å². The molecule has 3 rings (SSSR count). The molecule has 0 aliphatic heterocycles. The van der Waals surface area contributed by atoms with Crippen LogP contribution in [-0.4, -0.2) is 48.7 Å². The molecule has 0 amide bonds. The first kappa shape index (κ1) is 21.2. The maximum atomic E-state index is 15.0. The minimum absolute atomic E-state index is 0.00950. The standard InChI is InChI=1S/C18H17ClF2N4O3S/c1-25(7-3-6-20)29(27,28)24-15-5-2-4-12(16(15)21)17(26)14-10-23-18-13(14)8-11(19)9-22-18/h2,4-5,8-10,24H,3,6-7H2,1H3,(H,22,23). The van der Waals surface area contributed by atoms with Crippen molar-refractivity contribution >= 4 is 44.3 Å². The van der Waals surface area contributed by atoms with Crippen molar-refractivity contribution in [2.24, 2.45) is 0 Å². The van der Waals surface area contributed by atoms with Crippen molar-refractivity contribution in [1.82, 2.24) is 14.3 Å². The summed E-state index contributed by atoms with van der Waals surface area (Å²) in [5.41, 5.74) is -0.157. The van der Waals surface area contributed by atoms with E-state index in [9.17, 15) is 22.0 Å². The molecule has 29 heavy (non-hydrogen) atoms. The zero-order valence-electron chi connectivity index (χ0n) is 15.2. The van der Waals surface area contributed by atoms with E-state index in [-0.39, 0.29) is 29.8 Å². The molecule has 0 saturated carbocycles. The van der Waals surface area contributed by atoms with Crippen LogP contribution in [-0.2, 0) is 10.2 Å². The highest BCUT2D eigenvalue weighted by molar-refractivity contribution is 7.90. The molecule has 7 nitrogen and oxygen atoms in total. The second-order valence-electron chi connectivity index (χ2n) is 6.22. The van der Waals surface area contributed by atoms with Crippen LogP contribution in [0.4, 0.5) is 14.5 Å². The average Bonchev–Trinajstić information content (AvgIpc) is 3.10. The Balaban J connectivity index is 1.94. The number of hydrogen-bond donors (Lipinski definition) is 2. The molecule has 0 bridgehead atoms. The first-order valence-electron chi connectivity index (χ1n) is 8.50. The van der Waals surface area contributed by atoms with Gasteiger partial charge in [0.1, 0.15) is 5.65 Å². The number of nitrogens with one attached hydrogen (secondary N) is 2. The summed E-state index contributed by atoms with van der Waals surface area (Å²) in [5, 5.41) is 0.725. The molecule has 3 aromatic rings. The topological polar surface area (TPSA) is 95.2 Å². The van der Waals surface area contributed by atoms with Gasteiger partial charge in [-0.05, 0) is 24.6 Å². The van der Waals surface area contributed by atoms with E-state index in [2.05, 4.69) is 14.7 Å². The number of aromatic nitrogens is 2. The minimum atomic E-state index is -4.11. The van der Waals surface area contributed by atoms with E-state index < -0.39 is 28.5 Å². The number of carbonyl (C=O) groups excluding carboxylic acids is 1. The third kappa shape index (κ3) is 4.39. The lowest BCUT2D eigenvalue weighted by Gasteiger charge is -2.18. The highest BCUT2D eigenvalue weighted by atomic mass is 35.5. The fourth-order valence-electron chi connectivity index (χ4n) is 2.72. The molecule has 154 valence electrons. The van der Waals surface area contributed by atoms with E-state index in [0.717, 1.165) is 4.31 Å². The van der Waals surface area contributed by atoms with Crippen molar-refractivity contribution in [1.29, 1.82) is 0 Å². The number of ketones is 1. The van der Waals surface area contributed by atoms with E-state index in [1.165, 1.54) is 43.7 Å². The van der Waals surface area contributed by atoms with Gasteiger partial charge in [0.25, 0.3) is 0 Å². The Labute approximate surface area is 170 Å². The number of aromatic amines is 1. The lowest BCUT2D eigenvalue weighted by Crippen LogP contribution is -2.33. The number of nitrogens with zero attached hydrogens (tertiary/aromatic N) is 2. The molecule has 11 heteroatoms. The Morgan fingerprint density at radius 2 is 2.10 bits per heavy atom. The number of fused-ring (bicyclic) bond motifs is 1. The van der Waals surface area contributed by atoms with Crippen molar-refractivity contribution in [2.75, 3.05) is 25.0 Å². The van der Waals surface area contributed by atoms with Crippen molar-refractivity contribution in [3.05, 3.63) is 58.6 Å². The Morgan fingerprint density at radius 1 is 1.34 bits per heavy atom. The molecule has 0 atom stereocenters. The monoisotopic (exact) mass is 442 g/mol. The third-order valence-corrected chi connectivity index (χ3v) is 5.93. The van der Waals surface area contributed by atoms with Crippen LogP contribution in [0.2, 0.25) is 5.02 Å². The van der Waals surface area contributed by atoms with E-state index >= 15 is 0 Å². The van der Waals surface area contributed by atoms with Gasteiger partial charge in [0.05, 0.1) is 22.9 Å². The summed E-state index contributed by atoms with van der Waals surface area (Å²) in [6.07, 6.45) is 2.80. The van der Waals surface area contributed by atoms with Crippen LogP contribution in [0.15, 0.2) is 36.7 Å². The van der Waals surface area contributed by atoms with Gasteiger partial charge in [0.15, 0.2) is 11.6 Å². The van der Waals surface area contributed by atoms with Crippen LogP contribution in [0.1, 0.15) is 22.3 Å². The number of H-pyrrole nitrogens is 1. The van der Waals surface area contributed by atoms with Crippen LogP contribution in [0, 0.1) is 5.82 Å². The quantitative estimate of drug-likeness (QED) is 0.522. The molecular weight excluding hydrogens is 426 g/mol. The summed E-state index contributed by atoms with van der Waals surface area (Å²) >= 11 is 5.93. The second kappa shape index (κ2) is 8.44. The molecule has 0 aliphatic carbocycles. The van der Waals surface area contributed by atoms with Gasteiger partial charge in [-0.25, -0.2) is 9.37 Å². The highest BCUT2D eigenvalue weighted by Gasteiger charge is 2.24. The number of anilines is 1. The minimum Gasteiger partial charge on any atom is -0.345 e. The number of hydrogen-bond acceptors (Lipinski definition) is 4. The maximum Gasteiger partial charge on any atom is 0.301 e. The average molecular weight is 443 g/mol. The molecule has 0 radical (unpaired) electrons. The molecular formula is C18H17ClF2N4O3S. The van der Waals surface area contributed by atoms with Gasteiger partial charge in [0.2, 0.25) is 0 Å². The summed E-state index contributed by atoms with van der Waals surface area (Å²) < 4.78 is 54.8. The van der Waals surface area contributed by atoms with Crippen LogP contribution in [0.5, 0.6) is 0 Å². The molecule has 2 aromatic heterocycles. The predicted octanol–water partition coefficient (Wildman–Crippen LogP) is 3.53. The Morgan fingerprint density at radius 3 is 2.83 bits per heavy atom. The molecule has 0 fully saturated rings. The fraction of sp³-hybridized carbons (Fsp3) is 0.222. The van der Waals surface area contributed by atoms with E-state index in [4.69, 9.17) is 11.6 Å². The number of rotatable bonds is 8. The largest absolute Gasteiger partial charge is 0.345 e. The van der Waals surface area contributed by atoms with E-state index in [0.29, 0.717) is 16.1 Å². The van der Waals surface area contributed by atoms with E-state index in [1.54, 1.807) is 0 Å². The van der Waals surface area contributed by atoms with Gasteiger partial charge >= 0.3 is 10.2 Å². The summed E-state index contributed by atoms with van der Waals surface area (Å²) in [6.45, 7) is -0.753. The van der Waals surface area contributed by atoms with Crippen molar-refractivity contribution in [2.45, 2.75) is 6.42 Å². The van der Waals surface area contributed by atoms with Crippen LogP contribution >= 0.6 is 11.6 Å². The second-order valence-corrected chi connectivity index (χ2v) is 8.43. The number of benzene rings is 1. The van der Waals surface area contributed by atoms with Gasteiger partial charge in [-0.1, -0.05) is 17.7 Å². The van der Waals surface area contributed by atoms with Crippen molar-refractivity contribution in [3.8, 4) is 0 Å². The Kier molecular flexibility index (Phi) is 6.15. The number of carbonyl (C=O) groups is 1. The first-order chi connectivity index (χ1) is 13.7. The summed E-state index contributed by atoms with van der Waals surface area (Å²) in [5.74, 6) is -1.69. The van der Waals surface area contributed by atoms with Gasteiger partial charge in [-0.3, -0.25) is 13.9 Å². The summed E-state index contributed by atoms with van der Waals surface area (Å²) in [4.78, 5) is 19.7. The van der Waals surface area contributed by atoms with Gasteiger partial charge in [-0.2, -0.15) is 12.7 Å².